The molecule has 1 heterocycles. The molecule has 2 N–H and O–H groups in total. The van der Waals surface area contributed by atoms with Crippen molar-refractivity contribution in [1.29, 1.82) is 0 Å². The van der Waals surface area contributed by atoms with Crippen LogP contribution in [0.1, 0.15) is 44.6 Å². The molecule has 1 amide bonds. The minimum Gasteiger partial charge on any atom is -0.377 e. The van der Waals surface area contributed by atoms with Crippen LogP contribution in [0.5, 0.6) is 0 Å². The van der Waals surface area contributed by atoms with Crippen molar-refractivity contribution in [3.8, 4) is 0 Å². The van der Waals surface area contributed by atoms with Crippen molar-refractivity contribution < 1.29 is 9.53 Å². The molecule has 4 nitrogen and oxygen atoms in total. The van der Waals surface area contributed by atoms with Gasteiger partial charge in [-0.25, -0.2) is 0 Å². The minimum absolute atomic E-state index is 0.0884. The topological polar surface area (TPSA) is 50.4 Å². The third kappa shape index (κ3) is 2.56. The largest absolute Gasteiger partial charge is 0.377 e. The van der Waals surface area contributed by atoms with Gasteiger partial charge in [-0.3, -0.25) is 4.79 Å². The molecule has 0 aromatic heterocycles. The third-order valence-corrected chi connectivity index (χ3v) is 6.41. The quantitative estimate of drug-likeness (QED) is 0.872. The van der Waals surface area contributed by atoms with E-state index in [0.29, 0.717) is 29.9 Å². The van der Waals surface area contributed by atoms with E-state index in [1.54, 1.807) is 0 Å². The Morgan fingerprint density at radius 2 is 2.17 bits per heavy atom. The van der Waals surface area contributed by atoms with E-state index in [1.165, 1.54) is 25.7 Å². The number of para-hydroxylation sites is 1. The van der Waals surface area contributed by atoms with Crippen LogP contribution in [-0.4, -0.2) is 30.7 Å². The number of anilines is 1. The maximum atomic E-state index is 12.4. The standard InChI is InChI=1S/C20H28N2O2/c1-13-6-3-4-7-16(13)22-17(23)12-14(2)21-18-15-8-11-24-19(15)20(18)9-5-10-20/h3-4,6-7,14-15,18-19,21H,5,8-12H2,1-2H3,(H,22,23)/t14-,15-,18+,19-/m0/s1. The predicted octanol–water partition coefficient (Wildman–Crippen LogP) is 3.26. The van der Waals surface area contributed by atoms with Crippen molar-refractivity contribution in [3.63, 3.8) is 0 Å². The number of hydrogen-bond acceptors (Lipinski definition) is 3. The molecule has 3 aliphatic rings. The maximum absolute atomic E-state index is 12.4. The summed E-state index contributed by atoms with van der Waals surface area (Å²) >= 11 is 0. The van der Waals surface area contributed by atoms with Crippen LogP contribution in [-0.2, 0) is 9.53 Å². The van der Waals surface area contributed by atoms with Crippen LogP contribution in [0.25, 0.3) is 0 Å². The number of benzene rings is 1. The molecule has 130 valence electrons. The lowest BCUT2D eigenvalue weighted by Gasteiger charge is -2.64. The van der Waals surface area contributed by atoms with Gasteiger partial charge in [0.05, 0.1) is 6.10 Å². The van der Waals surface area contributed by atoms with Gasteiger partial charge < -0.3 is 15.4 Å². The summed E-state index contributed by atoms with van der Waals surface area (Å²) in [5.41, 5.74) is 2.39. The molecule has 2 saturated carbocycles. The predicted molar refractivity (Wildman–Crippen MR) is 94.9 cm³/mol. The van der Waals surface area contributed by atoms with Gasteiger partial charge in [0.2, 0.25) is 5.91 Å². The normalized spacial score (nSPS) is 31.0. The third-order valence-electron chi connectivity index (χ3n) is 6.41. The Bertz CT molecular complexity index is 626. The highest BCUT2D eigenvalue weighted by Gasteiger charge is 2.66. The fourth-order valence-electron chi connectivity index (χ4n) is 5.05. The molecule has 1 aliphatic heterocycles. The summed E-state index contributed by atoms with van der Waals surface area (Å²) in [5, 5.41) is 6.81. The van der Waals surface area contributed by atoms with Crippen LogP contribution in [0.15, 0.2) is 24.3 Å². The van der Waals surface area contributed by atoms with E-state index < -0.39 is 0 Å². The fraction of sp³-hybridized carbons (Fsp3) is 0.650. The maximum Gasteiger partial charge on any atom is 0.225 e. The first-order valence-corrected chi connectivity index (χ1v) is 9.33. The first-order valence-electron chi connectivity index (χ1n) is 9.33. The molecule has 0 radical (unpaired) electrons. The van der Waals surface area contributed by atoms with Crippen LogP contribution in [0, 0.1) is 18.3 Å². The van der Waals surface area contributed by atoms with Crippen molar-refractivity contribution >= 4 is 11.6 Å². The van der Waals surface area contributed by atoms with Crippen molar-refractivity contribution in [1.82, 2.24) is 5.32 Å². The number of ether oxygens (including phenoxy) is 1. The Labute approximate surface area is 144 Å². The number of hydrogen-bond donors (Lipinski definition) is 2. The van der Waals surface area contributed by atoms with E-state index in [4.69, 9.17) is 4.74 Å². The SMILES string of the molecule is Cc1ccccc1NC(=O)C[C@H](C)N[C@@H]1[C@@H]2CCO[C@@H]2C12CCC2. The van der Waals surface area contributed by atoms with Crippen molar-refractivity contribution in [2.24, 2.45) is 11.3 Å². The summed E-state index contributed by atoms with van der Waals surface area (Å²) in [5.74, 6) is 0.748. The number of nitrogens with one attached hydrogen (secondary N) is 2. The Kier molecular flexibility index (Phi) is 4.13. The number of aryl methyl sites for hydroxylation is 1. The summed E-state index contributed by atoms with van der Waals surface area (Å²) in [4.78, 5) is 12.4. The Morgan fingerprint density at radius 3 is 2.88 bits per heavy atom. The second kappa shape index (κ2) is 6.16. The van der Waals surface area contributed by atoms with Gasteiger partial charge in [0, 0.05) is 42.1 Å². The number of carbonyl (C=O) groups excluding carboxylic acids is 1. The van der Waals surface area contributed by atoms with E-state index in [9.17, 15) is 4.79 Å². The highest BCUT2D eigenvalue weighted by atomic mass is 16.5. The molecular formula is C20H28N2O2. The molecule has 24 heavy (non-hydrogen) atoms. The Balaban J connectivity index is 1.33. The molecular weight excluding hydrogens is 300 g/mol. The molecule has 4 atom stereocenters. The lowest BCUT2D eigenvalue weighted by molar-refractivity contribution is -0.178. The minimum atomic E-state index is 0.0884. The zero-order chi connectivity index (χ0) is 16.7. The van der Waals surface area contributed by atoms with E-state index >= 15 is 0 Å². The van der Waals surface area contributed by atoms with Gasteiger partial charge in [-0.1, -0.05) is 24.6 Å². The van der Waals surface area contributed by atoms with E-state index in [-0.39, 0.29) is 11.9 Å². The van der Waals surface area contributed by atoms with Gasteiger partial charge in [0.1, 0.15) is 0 Å². The summed E-state index contributed by atoms with van der Waals surface area (Å²) in [6.45, 7) is 5.07. The second-order valence-corrected chi connectivity index (χ2v) is 7.94. The molecule has 1 saturated heterocycles. The number of fused-ring (bicyclic) bond motifs is 2. The highest BCUT2D eigenvalue weighted by molar-refractivity contribution is 5.91. The van der Waals surface area contributed by atoms with Crippen molar-refractivity contribution in [2.45, 2.75) is 64.1 Å². The second-order valence-electron chi connectivity index (χ2n) is 7.94. The van der Waals surface area contributed by atoms with E-state index in [0.717, 1.165) is 17.9 Å². The van der Waals surface area contributed by atoms with Gasteiger partial charge in [0.15, 0.2) is 0 Å². The number of amides is 1. The molecule has 4 heteroatoms. The number of carbonyl (C=O) groups is 1. The summed E-state index contributed by atoms with van der Waals surface area (Å²) in [7, 11) is 0. The van der Waals surface area contributed by atoms with Crippen LogP contribution in [0.2, 0.25) is 0 Å². The van der Waals surface area contributed by atoms with Crippen LogP contribution in [0.3, 0.4) is 0 Å². The molecule has 1 spiro atoms. The van der Waals surface area contributed by atoms with Gasteiger partial charge >= 0.3 is 0 Å². The van der Waals surface area contributed by atoms with Crippen molar-refractivity contribution in [2.75, 3.05) is 11.9 Å². The molecule has 0 bridgehead atoms. The van der Waals surface area contributed by atoms with Crippen LogP contribution in [0.4, 0.5) is 5.69 Å². The molecule has 0 unspecified atom stereocenters. The van der Waals surface area contributed by atoms with Gasteiger partial charge in [0.25, 0.3) is 0 Å². The summed E-state index contributed by atoms with van der Waals surface area (Å²) in [6.07, 6.45) is 6.07. The summed E-state index contributed by atoms with van der Waals surface area (Å²) < 4.78 is 5.98. The number of rotatable bonds is 5. The molecule has 4 rings (SSSR count). The lowest BCUT2D eigenvalue weighted by atomic mass is 9.46. The zero-order valence-electron chi connectivity index (χ0n) is 14.7. The average Bonchev–Trinajstić information content (AvgIpc) is 2.91. The van der Waals surface area contributed by atoms with Gasteiger partial charge in [-0.05, 0) is 44.7 Å². The average molecular weight is 328 g/mol. The first kappa shape index (κ1) is 16.1. The zero-order valence-corrected chi connectivity index (χ0v) is 14.7. The lowest BCUT2D eigenvalue weighted by Crippen LogP contribution is -2.72. The monoisotopic (exact) mass is 328 g/mol. The summed E-state index contributed by atoms with van der Waals surface area (Å²) in [6, 6.07) is 8.66. The molecule has 1 aromatic rings. The van der Waals surface area contributed by atoms with Gasteiger partial charge in [-0.2, -0.15) is 0 Å². The fourth-order valence-corrected chi connectivity index (χ4v) is 5.05. The van der Waals surface area contributed by atoms with E-state index in [2.05, 4.69) is 17.6 Å². The molecule has 2 aliphatic carbocycles. The molecule has 3 fully saturated rings. The highest BCUT2D eigenvalue weighted by Crippen LogP contribution is 2.62. The van der Waals surface area contributed by atoms with Crippen molar-refractivity contribution in [3.05, 3.63) is 29.8 Å². The Morgan fingerprint density at radius 1 is 1.38 bits per heavy atom. The van der Waals surface area contributed by atoms with Gasteiger partial charge in [-0.15, -0.1) is 0 Å². The van der Waals surface area contributed by atoms with E-state index in [1.807, 2.05) is 31.2 Å². The van der Waals surface area contributed by atoms with Crippen LogP contribution >= 0.6 is 0 Å². The smallest absolute Gasteiger partial charge is 0.225 e. The Hall–Kier alpha value is -1.39. The molecule has 1 aromatic carbocycles. The van der Waals surface area contributed by atoms with Crippen LogP contribution < -0.4 is 10.6 Å². The first-order chi connectivity index (χ1) is 11.6.